The third-order valence-electron chi connectivity index (χ3n) is 4.91. The minimum absolute atomic E-state index is 0.264. The van der Waals surface area contributed by atoms with Crippen LogP contribution in [0, 0.1) is 0 Å². The van der Waals surface area contributed by atoms with Gasteiger partial charge in [0.05, 0.1) is 37.8 Å². The van der Waals surface area contributed by atoms with Gasteiger partial charge in [0.2, 0.25) is 0 Å². The Kier molecular flexibility index (Phi) is 10.1. The van der Waals surface area contributed by atoms with Crippen molar-refractivity contribution in [2.24, 2.45) is 0 Å². The number of benzene rings is 3. The Morgan fingerprint density at radius 2 is 0.935 bits per heavy atom. The molecule has 0 atom stereocenters. The molecule has 0 aliphatic carbocycles. The van der Waals surface area contributed by atoms with Crippen molar-refractivity contribution in [3.63, 3.8) is 0 Å². The molecule has 0 bridgehead atoms. The van der Waals surface area contributed by atoms with Crippen LogP contribution < -0.4 is 0 Å². The van der Waals surface area contributed by atoms with E-state index in [4.69, 9.17) is 9.47 Å². The summed E-state index contributed by atoms with van der Waals surface area (Å²) in [7, 11) is 0. The van der Waals surface area contributed by atoms with E-state index >= 15 is 0 Å². The molecule has 0 fully saturated rings. The van der Waals surface area contributed by atoms with Crippen molar-refractivity contribution in [2.45, 2.75) is 4.75 Å². The fourth-order valence-electron chi connectivity index (χ4n) is 3.52. The molecule has 164 valence electrons. The molecule has 31 heavy (non-hydrogen) atoms. The summed E-state index contributed by atoms with van der Waals surface area (Å²) in [5.41, 5.74) is 3.73. The second kappa shape index (κ2) is 13.3. The Morgan fingerprint density at radius 3 is 1.35 bits per heavy atom. The van der Waals surface area contributed by atoms with E-state index in [-0.39, 0.29) is 11.4 Å². The monoisotopic (exact) mass is 439 g/mol. The zero-order valence-corrected chi connectivity index (χ0v) is 18.4. The third-order valence-corrected chi connectivity index (χ3v) is 6.42. The van der Waals surface area contributed by atoms with Gasteiger partial charge in [-0.3, -0.25) is 0 Å². The zero-order chi connectivity index (χ0) is 21.6. The van der Waals surface area contributed by atoms with Crippen LogP contribution in [0.25, 0.3) is 0 Å². The van der Waals surface area contributed by atoms with Gasteiger partial charge in [0, 0.05) is 5.75 Å². The highest BCUT2D eigenvalue weighted by molar-refractivity contribution is 8.00. The van der Waals surface area contributed by atoms with Crippen molar-refractivity contribution >= 4 is 11.8 Å². The quantitative estimate of drug-likeness (QED) is 0.238. The van der Waals surface area contributed by atoms with Crippen molar-refractivity contribution in [1.82, 2.24) is 0 Å². The van der Waals surface area contributed by atoms with E-state index in [1.807, 2.05) is 11.8 Å². The Hall–Kier alpha value is -2.18. The molecule has 3 rings (SSSR count). The molecule has 5 heteroatoms. The predicted octanol–water partition coefficient (Wildman–Crippen LogP) is 5.69. The van der Waals surface area contributed by atoms with Crippen molar-refractivity contribution in [3.05, 3.63) is 108 Å². The lowest BCUT2D eigenvalue weighted by Crippen LogP contribution is -2.26. The van der Waals surface area contributed by atoms with E-state index in [0.717, 1.165) is 5.75 Å². The summed E-state index contributed by atoms with van der Waals surface area (Å²) in [6.07, 6.45) is 0. The first-order valence-corrected chi connectivity index (χ1v) is 11.5. The summed E-state index contributed by atoms with van der Waals surface area (Å²) in [6.45, 7) is 1.46. The molecule has 0 aliphatic heterocycles. The van der Waals surface area contributed by atoms with E-state index in [1.54, 1.807) is 0 Å². The molecule has 0 aromatic heterocycles. The Morgan fingerprint density at radius 1 is 0.548 bits per heavy atom. The van der Waals surface area contributed by atoms with Gasteiger partial charge in [-0.25, -0.2) is 4.39 Å². The molecule has 3 aromatic rings. The maximum Gasteiger partial charge on any atom is 0.188 e. The van der Waals surface area contributed by atoms with Gasteiger partial charge in [-0.05, 0) is 16.7 Å². The van der Waals surface area contributed by atoms with Gasteiger partial charge in [0.15, 0.2) is 6.86 Å². The number of ether oxygens (including phenoxy) is 3. The minimum atomic E-state index is -0.775. The smallest absolute Gasteiger partial charge is 0.188 e. The molecule has 0 amide bonds. The lowest BCUT2D eigenvalue weighted by molar-refractivity contribution is -0.00560. The normalized spacial score (nSPS) is 11.5. The molecular formula is C26H29FO3S. The predicted molar refractivity (Wildman–Crippen MR) is 125 cm³/mol. The summed E-state index contributed by atoms with van der Waals surface area (Å²) < 4.78 is 27.3. The average molecular weight is 440 g/mol. The second-order valence-electron chi connectivity index (χ2n) is 6.87. The van der Waals surface area contributed by atoms with E-state index < -0.39 is 6.86 Å². The first-order valence-electron chi connectivity index (χ1n) is 10.5. The van der Waals surface area contributed by atoms with Crippen LogP contribution in [0.3, 0.4) is 0 Å². The summed E-state index contributed by atoms with van der Waals surface area (Å²) in [5.74, 6) is 0.823. The van der Waals surface area contributed by atoms with Crippen LogP contribution in [0.2, 0.25) is 0 Å². The van der Waals surface area contributed by atoms with Gasteiger partial charge >= 0.3 is 0 Å². The van der Waals surface area contributed by atoms with E-state index in [0.29, 0.717) is 26.4 Å². The third kappa shape index (κ3) is 6.65. The van der Waals surface area contributed by atoms with Crippen molar-refractivity contribution in [1.29, 1.82) is 0 Å². The highest BCUT2D eigenvalue weighted by Crippen LogP contribution is 2.48. The number of thioether (sulfide) groups is 1. The second-order valence-corrected chi connectivity index (χ2v) is 8.18. The number of hydrogen-bond acceptors (Lipinski definition) is 4. The maximum absolute atomic E-state index is 11.9. The van der Waals surface area contributed by atoms with Gasteiger partial charge in [-0.2, -0.15) is 0 Å². The van der Waals surface area contributed by atoms with Crippen LogP contribution >= 0.6 is 11.8 Å². The molecule has 0 N–H and O–H groups in total. The Balaban J connectivity index is 1.70. The highest BCUT2D eigenvalue weighted by atomic mass is 32.2. The highest BCUT2D eigenvalue weighted by Gasteiger charge is 2.36. The Labute approximate surface area is 188 Å². The number of rotatable bonds is 14. The van der Waals surface area contributed by atoms with Crippen molar-refractivity contribution in [3.8, 4) is 0 Å². The molecule has 3 nitrogen and oxygen atoms in total. The molecular weight excluding hydrogens is 410 g/mol. The lowest BCUT2D eigenvalue weighted by atomic mass is 9.84. The molecule has 0 saturated carbocycles. The zero-order valence-electron chi connectivity index (χ0n) is 17.6. The van der Waals surface area contributed by atoms with Crippen LogP contribution in [0.5, 0.6) is 0 Å². The van der Waals surface area contributed by atoms with E-state index in [9.17, 15) is 4.39 Å². The van der Waals surface area contributed by atoms with Crippen molar-refractivity contribution in [2.75, 3.05) is 45.6 Å². The lowest BCUT2D eigenvalue weighted by Gasteiger charge is -2.35. The van der Waals surface area contributed by atoms with E-state index in [1.165, 1.54) is 16.7 Å². The number of hydrogen-bond donors (Lipinski definition) is 0. The molecule has 0 aliphatic rings. The number of halogens is 1. The van der Waals surface area contributed by atoms with Gasteiger partial charge in [-0.15, -0.1) is 11.8 Å². The summed E-state index contributed by atoms with van der Waals surface area (Å²) >= 11 is 1.88. The van der Waals surface area contributed by atoms with Crippen LogP contribution in [-0.2, 0) is 19.0 Å². The first-order chi connectivity index (χ1) is 15.4. The largest absolute Gasteiger partial charge is 0.378 e. The summed E-state index contributed by atoms with van der Waals surface area (Å²) in [5, 5.41) is 0. The van der Waals surface area contributed by atoms with Crippen LogP contribution in [-0.4, -0.2) is 45.6 Å². The fraction of sp³-hybridized carbons (Fsp3) is 0.308. The fourth-order valence-corrected chi connectivity index (χ4v) is 4.93. The minimum Gasteiger partial charge on any atom is -0.378 e. The summed E-state index contributed by atoms with van der Waals surface area (Å²) in [4.78, 5) is 0. The van der Waals surface area contributed by atoms with E-state index in [2.05, 4.69) is 95.7 Å². The molecule has 3 aromatic carbocycles. The number of alkyl halides is 1. The molecule has 0 unspecified atom stereocenters. The van der Waals surface area contributed by atoms with Crippen LogP contribution in [0.4, 0.5) is 4.39 Å². The van der Waals surface area contributed by atoms with Gasteiger partial charge < -0.3 is 14.2 Å². The van der Waals surface area contributed by atoms with Gasteiger partial charge in [0.1, 0.15) is 0 Å². The average Bonchev–Trinajstić information content (AvgIpc) is 2.84. The molecule has 0 spiro atoms. The SMILES string of the molecule is [18F]COCCOCCOCCSC(c1ccccc1)(c1ccccc1)c1ccccc1. The molecule has 0 radical (unpaired) electrons. The standard InChI is InChI=1S/C26H29FO3S/c27-22-30-19-18-28-16-17-29-20-21-31-26(23-10-4-1-5-11-23,24-12-6-2-7-13-24)25-14-8-3-9-15-25/h1-15H,16-22H2/i27-1. The maximum atomic E-state index is 11.9. The molecule has 0 saturated heterocycles. The van der Waals surface area contributed by atoms with Gasteiger partial charge in [0.25, 0.3) is 0 Å². The molecule has 0 heterocycles. The summed E-state index contributed by atoms with van der Waals surface area (Å²) in [6, 6.07) is 31.9. The first kappa shape index (κ1) is 23.5. The van der Waals surface area contributed by atoms with Crippen LogP contribution in [0.15, 0.2) is 91.0 Å². The van der Waals surface area contributed by atoms with Crippen molar-refractivity contribution < 1.29 is 18.6 Å². The van der Waals surface area contributed by atoms with Crippen LogP contribution in [0.1, 0.15) is 16.7 Å². The Bertz CT molecular complexity index is 750. The van der Waals surface area contributed by atoms with Gasteiger partial charge in [-0.1, -0.05) is 91.0 Å². The topological polar surface area (TPSA) is 27.7 Å².